The molecule has 2 atom stereocenters. The van der Waals surface area contributed by atoms with Crippen molar-refractivity contribution < 1.29 is 14.7 Å². The maximum absolute atomic E-state index is 12.8. The Hall–Kier alpha value is -3.29. The molecule has 4 N–H and O–H groups in total. The summed E-state index contributed by atoms with van der Waals surface area (Å²) in [7, 11) is 3.86. The van der Waals surface area contributed by atoms with Crippen LogP contribution in [-0.2, 0) is 36.5 Å². The van der Waals surface area contributed by atoms with E-state index in [9.17, 15) is 14.7 Å². The van der Waals surface area contributed by atoms with Crippen LogP contribution >= 0.6 is 12.4 Å². The van der Waals surface area contributed by atoms with Gasteiger partial charge in [0.05, 0.1) is 6.04 Å². The van der Waals surface area contributed by atoms with Crippen LogP contribution in [0.5, 0.6) is 0 Å². The van der Waals surface area contributed by atoms with Crippen LogP contribution in [0.2, 0.25) is 0 Å². The number of aliphatic carboxylic acids is 1. The van der Waals surface area contributed by atoms with Crippen LogP contribution < -0.4 is 11.1 Å². The fourth-order valence-electron chi connectivity index (χ4n) is 4.20. The van der Waals surface area contributed by atoms with E-state index in [0.29, 0.717) is 6.42 Å². The molecule has 4 rings (SSSR count). The van der Waals surface area contributed by atoms with Crippen LogP contribution in [0.4, 0.5) is 0 Å². The van der Waals surface area contributed by atoms with E-state index in [0.717, 1.165) is 32.9 Å². The molecule has 0 saturated carbocycles. The summed E-state index contributed by atoms with van der Waals surface area (Å²) in [5.41, 5.74) is 10.1. The van der Waals surface area contributed by atoms with E-state index in [2.05, 4.69) is 5.32 Å². The summed E-state index contributed by atoms with van der Waals surface area (Å²) in [5, 5.41) is 14.4. The predicted octanol–water partition coefficient (Wildman–Crippen LogP) is 2.77. The molecule has 0 aliphatic rings. The van der Waals surface area contributed by atoms with Gasteiger partial charge in [-0.2, -0.15) is 0 Å². The summed E-state index contributed by atoms with van der Waals surface area (Å²) in [6.07, 6.45) is 4.38. The number of aryl methyl sites for hydroxylation is 2. The van der Waals surface area contributed by atoms with E-state index in [-0.39, 0.29) is 18.8 Å². The zero-order valence-electron chi connectivity index (χ0n) is 18.0. The van der Waals surface area contributed by atoms with Crippen molar-refractivity contribution in [1.29, 1.82) is 0 Å². The number of para-hydroxylation sites is 2. The van der Waals surface area contributed by atoms with E-state index < -0.39 is 24.0 Å². The highest BCUT2D eigenvalue weighted by Gasteiger charge is 2.25. The lowest BCUT2D eigenvalue weighted by atomic mass is 10.0. The molecule has 0 fully saturated rings. The average molecular weight is 455 g/mol. The van der Waals surface area contributed by atoms with Crippen LogP contribution in [-0.4, -0.2) is 38.2 Å². The highest BCUT2D eigenvalue weighted by atomic mass is 35.5. The number of carboxylic acid groups (broad SMARTS) is 1. The summed E-state index contributed by atoms with van der Waals surface area (Å²) in [5.74, 6) is -1.56. The van der Waals surface area contributed by atoms with Crippen molar-refractivity contribution >= 4 is 46.1 Å². The SMILES string of the molecule is Cl.Cn1cc(C[C@@H](N)C(=O)N[C@H](Cc2cn(C)c3ccccc23)C(=O)O)c2ccccc21. The number of carbonyl (C=O) groups excluding carboxylic acids is 1. The number of hydrogen-bond acceptors (Lipinski definition) is 3. The molecule has 7 nitrogen and oxygen atoms in total. The van der Waals surface area contributed by atoms with E-state index in [1.165, 1.54) is 0 Å². The summed E-state index contributed by atoms with van der Waals surface area (Å²) < 4.78 is 3.95. The fraction of sp³-hybridized carbons (Fsp3) is 0.250. The quantitative estimate of drug-likeness (QED) is 0.399. The molecule has 0 radical (unpaired) electrons. The number of hydrogen-bond donors (Lipinski definition) is 3. The number of carboxylic acids is 1. The molecule has 8 heteroatoms. The normalized spacial score (nSPS) is 13.0. The first-order valence-electron chi connectivity index (χ1n) is 10.2. The third kappa shape index (κ3) is 4.49. The molecule has 0 unspecified atom stereocenters. The summed E-state index contributed by atoms with van der Waals surface area (Å²) in [6, 6.07) is 13.8. The molecule has 2 aromatic heterocycles. The van der Waals surface area contributed by atoms with Crippen molar-refractivity contribution in [2.75, 3.05) is 0 Å². The van der Waals surface area contributed by atoms with Crippen molar-refractivity contribution in [2.24, 2.45) is 19.8 Å². The Kier molecular flexibility index (Phi) is 6.91. The Morgan fingerprint density at radius 1 is 0.906 bits per heavy atom. The van der Waals surface area contributed by atoms with Gasteiger partial charge < -0.3 is 25.3 Å². The van der Waals surface area contributed by atoms with E-state index in [1.807, 2.05) is 84.2 Å². The van der Waals surface area contributed by atoms with Gasteiger partial charge in [-0.15, -0.1) is 12.4 Å². The smallest absolute Gasteiger partial charge is 0.326 e. The lowest BCUT2D eigenvalue weighted by molar-refractivity contribution is -0.141. The Bertz CT molecular complexity index is 1280. The first kappa shape index (κ1) is 23.4. The molecule has 0 aliphatic heterocycles. The van der Waals surface area contributed by atoms with Gasteiger partial charge in [0.25, 0.3) is 0 Å². The van der Waals surface area contributed by atoms with Gasteiger partial charge in [0.15, 0.2) is 0 Å². The maximum Gasteiger partial charge on any atom is 0.326 e. The molecule has 0 saturated heterocycles. The number of benzene rings is 2. The number of aromatic nitrogens is 2. The Balaban J connectivity index is 0.00000289. The molecule has 2 aromatic carbocycles. The van der Waals surface area contributed by atoms with Gasteiger partial charge in [-0.05, 0) is 29.7 Å². The van der Waals surface area contributed by atoms with Crippen molar-refractivity contribution in [3.05, 3.63) is 72.1 Å². The van der Waals surface area contributed by atoms with Crippen LogP contribution in [0.1, 0.15) is 11.1 Å². The van der Waals surface area contributed by atoms with Crippen molar-refractivity contribution in [2.45, 2.75) is 24.9 Å². The van der Waals surface area contributed by atoms with E-state index >= 15 is 0 Å². The number of amides is 1. The summed E-state index contributed by atoms with van der Waals surface area (Å²) in [4.78, 5) is 24.6. The minimum absolute atomic E-state index is 0. The van der Waals surface area contributed by atoms with Gasteiger partial charge in [-0.1, -0.05) is 36.4 Å². The Morgan fingerprint density at radius 3 is 1.88 bits per heavy atom. The minimum atomic E-state index is -1.08. The number of fused-ring (bicyclic) bond motifs is 2. The second kappa shape index (κ2) is 9.46. The largest absolute Gasteiger partial charge is 0.480 e. The molecular weight excluding hydrogens is 428 g/mol. The molecule has 1 amide bonds. The van der Waals surface area contributed by atoms with Crippen LogP contribution in [0.15, 0.2) is 60.9 Å². The lowest BCUT2D eigenvalue weighted by Gasteiger charge is -2.17. The van der Waals surface area contributed by atoms with Gasteiger partial charge in [-0.25, -0.2) is 4.79 Å². The topological polar surface area (TPSA) is 102 Å². The van der Waals surface area contributed by atoms with Gasteiger partial charge in [0.2, 0.25) is 5.91 Å². The summed E-state index contributed by atoms with van der Waals surface area (Å²) >= 11 is 0. The number of rotatable bonds is 7. The first-order chi connectivity index (χ1) is 14.8. The molecule has 0 aliphatic carbocycles. The molecule has 0 bridgehead atoms. The number of nitrogens with zero attached hydrogens (tertiary/aromatic N) is 2. The highest BCUT2D eigenvalue weighted by Crippen LogP contribution is 2.23. The number of carbonyl (C=O) groups is 2. The highest BCUT2D eigenvalue weighted by molar-refractivity contribution is 5.90. The lowest BCUT2D eigenvalue weighted by Crippen LogP contribution is -2.50. The number of nitrogens with one attached hydrogen (secondary N) is 1. The van der Waals surface area contributed by atoms with Crippen LogP contribution in [0.3, 0.4) is 0 Å². The monoisotopic (exact) mass is 454 g/mol. The second-order valence-electron chi connectivity index (χ2n) is 7.98. The average Bonchev–Trinajstić information content (AvgIpc) is 3.24. The van der Waals surface area contributed by atoms with Gasteiger partial charge in [0.1, 0.15) is 6.04 Å². The van der Waals surface area contributed by atoms with Crippen LogP contribution in [0, 0.1) is 0 Å². The Labute approximate surface area is 192 Å². The fourth-order valence-corrected chi connectivity index (χ4v) is 4.20. The van der Waals surface area contributed by atoms with Crippen LogP contribution in [0.25, 0.3) is 21.8 Å². The molecule has 4 aromatic rings. The van der Waals surface area contributed by atoms with Gasteiger partial charge in [0, 0.05) is 54.7 Å². The second-order valence-corrected chi connectivity index (χ2v) is 7.98. The molecule has 168 valence electrons. The zero-order chi connectivity index (χ0) is 22.1. The summed E-state index contributed by atoms with van der Waals surface area (Å²) in [6.45, 7) is 0. The van der Waals surface area contributed by atoms with Gasteiger partial charge >= 0.3 is 5.97 Å². The number of nitrogens with two attached hydrogens (primary N) is 1. The predicted molar refractivity (Wildman–Crippen MR) is 128 cm³/mol. The third-order valence-electron chi connectivity index (χ3n) is 5.77. The van der Waals surface area contributed by atoms with Gasteiger partial charge in [-0.3, -0.25) is 4.79 Å². The zero-order valence-corrected chi connectivity index (χ0v) is 18.8. The van der Waals surface area contributed by atoms with Crippen molar-refractivity contribution in [1.82, 2.24) is 14.5 Å². The van der Waals surface area contributed by atoms with Crippen molar-refractivity contribution in [3.8, 4) is 0 Å². The molecule has 2 heterocycles. The Morgan fingerprint density at radius 2 is 1.38 bits per heavy atom. The van der Waals surface area contributed by atoms with E-state index in [4.69, 9.17) is 5.73 Å². The molecule has 0 spiro atoms. The standard InChI is InChI=1S/C24H26N4O3.ClH/c1-27-13-15(17-7-3-5-9-21(17)27)11-19(25)23(29)26-20(24(30)31)12-16-14-28(2)22-10-6-4-8-18(16)22;/h3-10,13-14,19-20H,11-12,25H2,1-2H3,(H,26,29)(H,30,31);1H/t19-,20-;/m1./s1. The number of halogens is 1. The first-order valence-corrected chi connectivity index (χ1v) is 10.2. The molecule has 32 heavy (non-hydrogen) atoms. The van der Waals surface area contributed by atoms with E-state index in [1.54, 1.807) is 0 Å². The maximum atomic E-state index is 12.8. The molecular formula is C24H27ClN4O3. The van der Waals surface area contributed by atoms with Crippen molar-refractivity contribution in [3.63, 3.8) is 0 Å². The third-order valence-corrected chi connectivity index (χ3v) is 5.77. The minimum Gasteiger partial charge on any atom is -0.480 e.